The summed E-state index contributed by atoms with van der Waals surface area (Å²) in [4.78, 5) is 29.5. The predicted octanol–water partition coefficient (Wildman–Crippen LogP) is 4.71. The van der Waals surface area contributed by atoms with Crippen molar-refractivity contribution in [1.29, 1.82) is 0 Å². The summed E-state index contributed by atoms with van der Waals surface area (Å²) in [6, 6.07) is 25.3. The first-order valence-electron chi connectivity index (χ1n) is 11.0. The SMILES string of the molecule is O=C(Nc1cccc(CNC(=O)c2cc(-c3ccco3)nn2-c2ccccc2)c1)c1ccncc1. The Kier molecular flexibility index (Phi) is 6.17. The second-order valence-corrected chi connectivity index (χ2v) is 7.71. The molecule has 2 N–H and O–H groups in total. The van der Waals surface area contributed by atoms with Gasteiger partial charge in [0, 0.05) is 36.3 Å². The lowest BCUT2D eigenvalue weighted by Gasteiger charge is -2.10. The summed E-state index contributed by atoms with van der Waals surface area (Å²) in [5.41, 5.74) is 3.68. The van der Waals surface area contributed by atoms with Gasteiger partial charge in [0.1, 0.15) is 11.4 Å². The van der Waals surface area contributed by atoms with Gasteiger partial charge >= 0.3 is 0 Å². The maximum Gasteiger partial charge on any atom is 0.270 e. The van der Waals surface area contributed by atoms with Gasteiger partial charge in [0.05, 0.1) is 12.0 Å². The van der Waals surface area contributed by atoms with E-state index < -0.39 is 0 Å². The van der Waals surface area contributed by atoms with Gasteiger partial charge < -0.3 is 15.1 Å². The number of furan rings is 1. The zero-order chi connectivity index (χ0) is 24.0. The number of amides is 2. The Bertz CT molecular complexity index is 1440. The normalized spacial score (nSPS) is 10.6. The quantitative estimate of drug-likeness (QED) is 0.364. The van der Waals surface area contributed by atoms with Crippen molar-refractivity contribution in [2.75, 3.05) is 5.32 Å². The van der Waals surface area contributed by atoms with Gasteiger partial charge in [-0.25, -0.2) is 4.68 Å². The first-order valence-corrected chi connectivity index (χ1v) is 11.0. The van der Waals surface area contributed by atoms with Crippen LogP contribution in [0.1, 0.15) is 26.4 Å². The molecule has 0 spiro atoms. The lowest BCUT2D eigenvalue weighted by molar-refractivity contribution is 0.0942. The van der Waals surface area contributed by atoms with Crippen molar-refractivity contribution in [3.05, 3.63) is 120 Å². The molecule has 3 aromatic heterocycles. The number of nitrogens with one attached hydrogen (secondary N) is 2. The molecule has 0 aliphatic heterocycles. The number of pyridine rings is 1. The highest BCUT2D eigenvalue weighted by Gasteiger charge is 2.18. The number of hydrogen-bond acceptors (Lipinski definition) is 5. The molecule has 172 valence electrons. The van der Waals surface area contributed by atoms with E-state index in [4.69, 9.17) is 4.42 Å². The number of rotatable bonds is 7. The number of nitrogens with zero attached hydrogens (tertiary/aromatic N) is 3. The molecular formula is C27H21N5O3. The van der Waals surface area contributed by atoms with Gasteiger partial charge in [-0.1, -0.05) is 30.3 Å². The van der Waals surface area contributed by atoms with Crippen molar-refractivity contribution in [1.82, 2.24) is 20.1 Å². The van der Waals surface area contributed by atoms with Crippen LogP contribution in [0.25, 0.3) is 17.1 Å². The average Bonchev–Trinajstić information content (AvgIpc) is 3.59. The van der Waals surface area contributed by atoms with Gasteiger partial charge in [-0.15, -0.1) is 0 Å². The molecule has 8 heteroatoms. The van der Waals surface area contributed by atoms with Crippen LogP contribution in [0.5, 0.6) is 0 Å². The molecule has 0 saturated heterocycles. The molecular weight excluding hydrogens is 442 g/mol. The molecule has 0 radical (unpaired) electrons. The Morgan fingerprint density at radius 1 is 0.857 bits per heavy atom. The Hall–Kier alpha value is -4.98. The van der Waals surface area contributed by atoms with Crippen LogP contribution in [0.4, 0.5) is 5.69 Å². The molecule has 0 unspecified atom stereocenters. The molecule has 8 nitrogen and oxygen atoms in total. The highest BCUT2D eigenvalue weighted by Crippen LogP contribution is 2.22. The average molecular weight is 463 g/mol. The first kappa shape index (κ1) is 21.8. The van der Waals surface area contributed by atoms with E-state index in [1.807, 2.05) is 48.5 Å². The number of aromatic nitrogens is 3. The zero-order valence-corrected chi connectivity index (χ0v) is 18.6. The summed E-state index contributed by atoms with van der Waals surface area (Å²) in [6.07, 6.45) is 4.70. The van der Waals surface area contributed by atoms with Crippen molar-refractivity contribution < 1.29 is 14.0 Å². The van der Waals surface area contributed by atoms with Crippen LogP contribution in [0.15, 0.2) is 108 Å². The minimum atomic E-state index is -0.287. The van der Waals surface area contributed by atoms with Crippen LogP contribution in [0.3, 0.4) is 0 Å². The van der Waals surface area contributed by atoms with E-state index in [9.17, 15) is 9.59 Å². The fourth-order valence-corrected chi connectivity index (χ4v) is 3.59. The van der Waals surface area contributed by atoms with Crippen molar-refractivity contribution in [2.45, 2.75) is 6.54 Å². The Balaban J connectivity index is 1.32. The van der Waals surface area contributed by atoms with Crippen LogP contribution < -0.4 is 10.6 Å². The topological polar surface area (TPSA) is 102 Å². The van der Waals surface area contributed by atoms with Gasteiger partial charge in [-0.3, -0.25) is 14.6 Å². The molecule has 5 aromatic rings. The van der Waals surface area contributed by atoms with Crippen molar-refractivity contribution in [3.8, 4) is 17.1 Å². The van der Waals surface area contributed by atoms with E-state index in [0.29, 0.717) is 28.4 Å². The van der Waals surface area contributed by atoms with Gasteiger partial charge in [0.2, 0.25) is 0 Å². The summed E-state index contributed by atoms with van der Waals surface area (Å²) < 4.78 is 7.06. The highest BCUT2D eigenvalue weighted by atomic mass is 16.3. The maximum absolute atomic E-state index is 13.2. The number of benzene rings is 2. The predicted molar refractivity (Wildman–Crippen MR) is 131 cm³/mol. The first-order chi connectivity index (χ1) is 17.2. The molecule has 0 aliphatic carbocycles. The Morgan fingerprint density at radius 2 is 1.69 bits per heavy atom. The van der Waals surface area contributed by atoms with E-state index >= 15 is 0 Å². The molecule has 2 amide bonds. The van der Waals surface area contributed by atoms with E-state index in [1.54, 1.807) is 59.7 Å². The second kappa shape index (κ2) is 9.88. The number of carbonyl (C=O) groups is 2. The van der Waals surface area contributed by atoms with E-state index in [1.165, 1.54) is 0 Å². The zero-order valence-electron chi connectivity index (χ0n) is 18.6. The largest absolute Gasteiger partial charge is 0.463 e. The van der Waals surface area contributed by atoms with Crippen molar-refractivity contribution >= 4 is 17.5 Å². The standard InChI is InChI=1S/C27H21N5O3/c33-26(20-11-13-28-14-12-20)30-21-7-4-6-19(16-21)18-29-27(34)24-17-23(25-10-5-15-35-25)31-32(24)22-8-2-1-3-9-22/h1-17H,18H2,(H,29,34)(H,30,33). The molecule has 0 fully saturated rings. The summed E-state index contributed by atoms with van der Waals surface area (Å²) in [5.74, 6) is 0.0579. The molecule has 0 saturated carbocycles. The lowest BCUT2D eigenvalue weighted by Crippen LogP contribution is -2.25. The van der Waals surface area contributed by atoms with E-state index in [-0.39, 0.29) is 18.4 Å². The number of para-hydroxylation sites is 1. The minimum absolute atomic E-state index is 0.231. The fraction of sp³-hybridized carbons (Fsp3) is 0.0370. The minimum Gasteiger partial charge on any atom is -0.463 e. The third kappa shape index (κ3) is 5.01. The maximum atomic E-state index is 13.2. The van der Waals surface area contributed by atoms with Crippen molar-refractivity contribution in [3.63, 3.8) is 0 Å². The fourth-order valence-electron chi connectivity index (χ4n) is 3.59. The van der Waals surface area contributed by atoms with Crippen LogP contribution in [-0.2, 0) is 6.54 Å². The Labute approximate surface area is 201 Å². The van der Waals surface area contributed by atoms with Crippen molar-refractivity contribution in [2.24, 2.45) is 0 Å². The van der Waals surface area contributed by atoms with Crippen LogP contribution >= 0.6 is 0 Å². The molecule has 35 heavy (non-hydrogen) atoms. The lowest BCUT2D eigenvalue weighted by atomic mass is 10.2. The third-order valence-corrected chi connectivity index (χ3v) is 5.30. The van der Waals surface area contributed by atoms with Crippen LogP contribution in [-0.4, -0.2) is 26.6 Å². The van der Waals surface area contributed by atoms with Gasteiger partial charge in [0.25, 0.3) is 11.8 Å². The molecule has 0 aliphatic rings. The monoisotopic (exact) mass is 463 g/mol. The molecule has 3 heterocycles. The van der Waals surface area contributed by atoms with Gasteiger partial charge in [-0.05, 0) is 54.1 Å². The second-order valence-electron chi connectivity index (χ2n) is 7.71. The van der Waals surface area contributed by atoms with Crippen LogP contribution in [0.2, 0.25) is 0 Å². The summed E-state index contributed by atoms with van der Waals surface area (Å²) >= 11 is 0. The smallest absolute Gasteiger partial charge is 0.270 e. The number of carbonyl (C=O) groups excluding carboxylic acids is 2. The van der Waals surface area contributed by atoms with Gasteiger partial charge in [-0.2, -0.15) is 5.10 Å². The van der Waals surface area contributed by atoms with Crippen LogP contribution in [0, 0.1) is 0 Å². The summed E-state index contributed by atoms with van der Waals surface area (Å²) in [7, 11) is 0. The van der Waals surface area contributed by atoms with E-state index in [2.05, 4.69) is 20.7 Å². The number of hydrogen-bond donors (Lipinski definition) is 2. The van der Waals surface area contributed by atoms with E-state index in [0.717, 1.165) is 11.3 Å². The highest BCUT2D eigenvalue weighted by molar-refractivity contribution is 6.04. The summed E-state index contributed by atoms with van der Waals surface area (Å²) in [6.45, 7) is 0.272. The molecule has 2 aromatic carbocycles. The molecule has 0 bridgehead atoms. The number of anilines is 1. The molecule has 5 rings (SSSR count). The third-order valence-electron chi connectivity index (χ3n) is 5.30. The Morgan fingerprint density at radius 3 is 2.46 bits per heavy atom. The summed E-state index contributed by atoms with van der Waals surface area (Å²) in [5, 5.41) is 10.4. The molecule has 0 atom stereocenters. The van der Waals surface area contributed by atoms with Gasteiger partial charge in [0.15, 0.2) is 5.76 Å².